The number of hydrogen-bond donors (Lipinski definition) is 1. The highest BCUT2D eigenvalue weighted by atomic mass is 32.2. The Morgan fingerprint density at radius 2 is 1.97 bits per heavy atom. The maximum atomic E-state index is 12.6. The van der Waals surface area contributed by atoms with E-state index in [4.69, 9.17) is 19.3 Å². The molecule has 162 valence electrons. The van der Waals surface area contributed by atoms with Crippen LogP contribution in [0.4, 0.5) is 4.79 Å². The lowest BCUT2D eigenvalue weighted by atomic mass is 10.1. The maximum absolute atomic E-state index is 12.6. The van der Waals surface area contributed by atoms with E-state index in [0.29, 0.717) is 36.1 Å². The van der Waals surface area contributed by atoms with E-state index in [-0.39, 0.29) is 16.8 Å². The van der Waals surface area contributed by atoms with E-state index in [9.17, 15) is 19.2 Å². The van der Waals surface area contributed by atoms with Gasteiger partial charge in [0, 0.05) is 5.56 Å². The Hall–Kier alpha value is -3.01. The summed E-state index contributed by atoms with van der Waals surface area (Å²) in [6.07, 6.45) is 1.70. The van der Waals surface area contributed by atoms with Gasteiger partial charge in [0.2, 0.25) is 0 Å². The Kier molecular flexibility index (Phi) is 8.28. The van der Waals surface area contributed by atoms with Crippen LogP contribution in [-0.4, -0.2) is 59.0 Å². The number of carbonyl (C=O) groups excluding carboxylic acids is 3. The van der Waals surface area contributed by atoms with Crippen LogP contribution in [0.2, 0.25) is 0 Å². The van der Waals surface area contributed by atoms with Crippen molar-refractivity contribution in [3.8, 4) is 11.5 Å². The molecule has 2 amide bonds. The van der Waals surface area contributed by atoms with Crippen LogP contribution in [0.3, 0.4) is 0 Å². The number of thioether (sulfide) groups is 1. The quantitative estimate of drug-likeness (QED) is 0.435. The lowest BCUT2D eigenvalue weighted by Gasteiger charge is -2.15. The molecule has 1 atom stereocenters. The van der Waals surface area contributed by atoms with E-state index in [1.165, 1.54) is 6.08 Å². The van der Waals surface area contributed by atoms with Crippen LogP contribution in [0.25, 0.3) is 6.08 Å². The van der Waals surface area contributed by atoms with Gasteiger partial charge in [-0.25, -0.2) is 4.79 Å². The van der Waals surface area contributed by atoms with Crippen molar-refractivity contribution < 1.29 is 38.5 Å². The zero-order valence-corrected chi connectivity index (χ0v) is 17.7. The first-order chi connectivity index (χ1) is 14.3. The van der Waals surface area contributed by atoms with E-state index >= 15 is 0 Å². The lowest BCUT2D eigenvalue weighted by Crippen LogP contribution is -2.35. The average molecular weight is 437 g/mol. The van der Waals surface area contributed by atoms with E-state index in [0.717, 1.165) is 4.90 Å². The zero-order valence-electron chi connectivity index (χ0n) is 16.9. The molecular weight excluding hydrogens is 414 g/mol. The third-order valence-electron chi connectivity index (χ3n) is 4.00. The number of para-hydroxylation sites is 1. The molecule has 10 heteroatoms. The molecule has 0 radical (unpaired) electrons. The van der Waals surface area contributed by atoms with Gasteiger partial charge in [-0.2, -0.15) is 0 Å². The Morgan fingerprint density at radius 3 is 2.60 bits per heavy atom. The summed E-state index contributed by atoms with van der Waals surface area (Å²) in [6.45, 7) is 4.57. The van der Waals surface area contributed by atoms with Crippen LogP contribution in [0.1, 0.15) is 32.8 Å². The van der Waals surface area contributed by atoms with Gasteiger partial charge in [-0.05, 0) is 44.2 Å². The van der Waals surface area contributed by atoms with Crippen LogP contribution < -0.4 is 9.47 Å². The van der Waals surface area contributed by atoms with Crippen molar-refractivity contribution in [2.45, 2.75) is 33.3 Å². The minimum Gasteiger partial charge on any atom is -0.490 e. The fraction of sp³-hybridized carbons (Fsp3) is 0.400. The molecule has 30 heavy (non-hydrogen) atoms. The first kappa shape index (κ1) is 23.3. The standard InChI is InChI=1S/C20H23NO8S/c1-4-12(3)29-17(24)10-21-19(25)15(30-20(21)26)9-13-7-6-8-14(27-5-2)18(13)28-11-16(22)23/h6-9,12H,4-5,10-11H2,1-3H3,(H,22,23)/b15-9-/t12-/m0/s1. The Balaban J connectivity index is 2.27. The van der Waals surface area contributed by atoms with Gasteiger partial charge in [-0.3, -0.25) is 19.3 Å². The summed E-state index contributed by atoms with van der Waals surface area (Å²) in [5.74, 6) is -2.03. The number of carbonyl (C=O) groups is 4. The minimum absolute atomic E-state index is 0.0742. The smallest absolute Gasteiger partial charge is 0.341 e. The predicted molar refractivity (Wildman–Crippen MR) is 109 cm³/mol. The number of hydrogen-bond acceptors (Lipinski definition) is 8. The second kappa shape index (κ2) is 10.7. The number of imide groups is 1. The van der Waals surface area contributed by atoms with Gasteiger partial charge in [-0.1, -0.05) is 19.1 Å². The molecule has 2 rings (SSSR count). The summed E-state index contributed by atoms with van der Waals surface area (Å²) in [7, 11) is 0. The zero-order chi connectivity index (χ0) is 22.3. The van der Waals surface area contributed by atoms with Crippen LogP contribution in [0, 0.1) is 0 Å². The van der Waals surface area contributed by atoms with Gasteiger partial charge in [0.05, 0.1) is 17.6 Å². The molecule has 1 aromatic rings. The molecule has 1 fully saturated rings. The lowest BCUT2D eigenvalue weighted by molar-refractivity contribution is -0.150. The summed E-state index contributed by atoms with van der Waals surface area (Å²) in [6, 6.07) is 4.86. The number of rotatable bonds is 10. The highest BCUT2D eigenvalue weighted by molar-refractivity contribution is 8.18. The van der Waals surface area contributed by atoms with Crippen molar-refractivity contribution in [3.63, 3.8) is 0 Å². The molecule has 0 saturated carbocycles. The molecule has 1 aliphatic rings. The molecule has 1 aliphatic heterocycles. The van der Waals surface area contributed by atoms with Crippen molar-refractivity contribution in [1.29, 1.82) is 0 Å². The fourth-order valence-corrected chi connectivity index (χ4v) is 3.28. The first-order valence-corrected chi connectivity index (χ1v) is 10.1. The number of nitrogens with zero attached hydrogens (tertiary/aromatic N) is 1. The van der Waals surface area contributed by atoms with Crippen LogP contribution in [-0.2, 0) is 19.1 Å². The van der Waals surface area contributed by atoms with Gasteiger partial charge in [0.1, 0.15) is 6.54 Å². The predicted octanol–water partition coefficient (Wildman–Crippen LogP) is 2.93. The first-order valence-electron chi connectivity index (χ1n) is 9.32. The summed E-state index contributed by atoms with van der Waals surface area (Å²) < 4.78 is 15.9. The van der Waals surface area contributed by atoms with E-state index < -0.39 is 36.2 Å². The van der Waals surface area contributed by atoms with E-state index in [1.807, 2.05) is 6.92 Å². The number of carboxylic acids is 1. The highest BCUT2D eigenvalue weighted by Gasteiger charge is 2.37. The minimum atomic E-state index is -1.17. The third kappa shape index (κ3) is 5.99. The third-order valence-corrected chi connectivity index (χ3v) is 4.91. The monoisotopic (exact) mass is 437 g/mol. The average Bonchev–Trinajstić information content (AvgIpc) is 2.94. The number of amides is 2. The molecule has 1 aromatic carbocycles. The summed E-state index contributed by atoms with van der Waals surface area (Å²) in [4.78, 5) is 48.6. The topological polar surface area (TPSA) is 119 Å². The molecule has 0 spiro atoms. The second-order valence-electron chi connectivity index (χ2n) is 6.27. The molecule has 0 unspecified atom stereocenters. The van der Waals surface area contributed by atoms with Crippen LogP contribution in [0.15, 0.2) is 23.1 Å². The Morgan fingerprint density at radius 1 is 1.23 bits per heavy atom. The SMILES string of the molecule is CCOc1cccc(/C=C2\SC(=O)N(CC(=O)O[C@@H](C)CC)C2=O)c1OCC(=O)O. The number of carboxylic acid groups (broad SMARTS) is 1. The van der Waals surface area contributed by atoms with Crippen LogP contribution in [0.5, 0.6) is 11.5 Å². The van der Waals surface area contributed by atoms with Crippen molar-refractivity contribution in [3.05, 3.63) is 28.7 Å². The van der Waals surface area contributed by atoms with Crippen molar-refractivity contribution in [1.82, 2.24) is 4.90 Å². The fourth-order valence-electron chi connectivity index (χ4n) is 2.46. The largest absolute Gasteiger partial charge is 0.490 e. The Bertz CT molecular complexity index is 866. The summed E-state index contributed by atoms with van der Waals surface area (Å²) >= 11 is 0.674. The van der Waals surface area contributed by atoms with Crippen molar-refractivity contribution in [2.75, 3.05) is 19.8 Å². The molecule has 1 saturated heterocycles. The molecule has 0 aliphatic carbocycles. The molecule has 0 bridgehead atoms. The van der Waals surface area contributed by atoms with Gasteiger partial charge in [0.15, 0.2) is 18.1 Å². The van der Waals surface area contributed by atoms with Crippen molar-refractivity contribution >= 4 is 40.9 Å². The van der Waals surface area contributed by atoms with Gasteiger partial charge >= 0.3 is 11.9 Å². The maximum Gasteiger partial charge on any atom is 0.341 e. The molecular formula is C20H23NO8S. The van der Waals surface area contributed by atoms with Gasteiger partial charge in [0.25, 0.3) is 11.1 Å². The molecule has 0 aromatic heterocycles. The Labute approximate surface area is 178 Å². The normalized spacial score (nSPS) is 16.0. The second-order valence-corrected chi connectivity index (χ2v) is 7.26. The van der Waals surface area contributed by atoms with E-state index in [1.54, 1.807) is 32.0 Å². The summed E-state index contributed by atoms with van der Waals surface area (Å²) in [5.41, 5.74) is 0.370. The number of esters is 1. The van der Waals surface area contributed by atoms with Crippen LogP contribution >= 0.6 is 11.8 Å². The number of aliphatic carboxylic acids is 1. The van der Waals surface area contributed by atoms with Gasteiger partial charge in [-0.15, -0.1) is 0 Å². The molecule has 1 heterocycles. The number of ether oxygens (including phenoxy) is 3. The molecule has 9 nitrogen and oxygen atoms in total. The van der Waals surface area contributed by atoms with Crippen molar-refractivity contribution in [2.24, 2.45) is 0 Å². The van der Waals surface area contributed by atoms with E-state index in [2.05, 4.69) is 0 Å². The number of benzene rings is 1. The highest BCUT2D eigenvalue weighted by Crippen LogP contribution is 2.37. The van der Waals surface area contributed by atoms with Gasteiger partial charge < -0.3 is 19.3 Å². The molecule has 1 N–H and O–H groups in total. The summed E-state index contributed by atoms with van der Waals surface area (Å²) in [5, 5.41) is 8.32.